The van der Waals surface area contributed by atoms with E-state index in [0.29, 0.717) is 38.2 Å². The maximum absolute atomic E-state index is 14.0. The number of nitrogens with zero attached hydrogens (tertiary/aromatic N) is 2. The number of nitrogens with one attached hydrogen (secondary N) is 2. The summed E-state index contributed by atoms with van der Waals surface area (Å²) in [6.45, 7) is 1.72. The number of para-hydroxylation sites is 1. The number of ether oxygens (including phenoxy) is 1. The number of hydrogen-bond acceptors (Lipinski definition) is 6. The zero-order chi connectivity index (χ0) is 26.9. The van der Waals surface area contributed by atoms with Crippen LogP contribution in [0.2, 0.25) is 5.02 Å². The second kappa shape index (κ2) is 10.7. The molecule has 0 saturated carbocycles. The zero-order valence-corrected chi connectivity index (χ0v) is 22.7. The van der Waals surface area contributed by atoms with Crippen molar-refractivity contribution in [2.24, 2.45) is 5.41 Å². The van der Waals surface area contributed by atoms with E-state index in [1.807, 2.05) is 6.08 Å². The average molecular weight is 559 g/mol. The van der Waals surface area contributed by atoms with E-state index in [-0.39, 0.29) is 52.5 Å². The van der Waals surface area contributed by atoms with Crippen LogP contribution in [0.4, 0.5) is 5.69 Å². The highest BCUT2D eigenvalue weighted by Crippen LogP contribution is 2.32. The lowest BCUT2D eigenvalue weighted by Crippen LogP contribution is -2.62. The van der Waals surface area contributed by atoms with Gasteiger partial charge in [-0.3, -0.25) is 13.9 Å². The summed E-state index contributed by atoms with van der Waals surface area (Å²) < 4.78 is 34.8. The first kappa shape index (κ1) is 26.7. The van der Waals surface area contributed by atoms with Crippen molar-refractivity contribution in [1.82, 2.24) is 15.5 Å². The number of rotatable bonds is 2. The number of anilines is 1. The van der Waals surface area contributed by atoms with Gasteiger partial charge in [0.15, 0.2) is 0 Å². The maximum atomic E-state index is 14.0. The Morgan fingerprint density at radius 1 is 1.08 bits per heavy atom. The Morgan fingerprint density at radius 2 is 1.84 bits per heavy atom. The molecular formula is C27H31ClN4O5S. The molecule has 2 atom stereocenters. The van der Waals surface area contributed by atoms with Crippen molar-refractivity contribution >= 4 is 39.1 Å². The highest BCUT2D eigenvalue weighted by Gasteiger charge is 2.44. The van der Waals surface area contributed by atoms with Crippen LogP contribution in [-0.4, -0.2) is 77.1 Å². The Labute approximate surface area is 227 Å². The fourth-order valence-corrected chi connectivity index (χ4v) is 7.16. The van der Waals surface area contributed by atoms with Crippen molar-refractivity contribution in [3.05, 3.63) is 71.3 Å². The largest absolute Gasteiger partial charge is 0.380 e. The fraction of sp³-hybridized carbons (Fsp3) is 0.407. The van der Waals surface area contributed by atoms with Gasteiger partial charge in [0.2, 0.25) is 5.91 Å². The van der Waals surface area contributed by atoms with Gasteiger partial charge in [0.25, 0.3) is 15.9 Å². The molecule has 0 unspecified atom stereocenters. The smallest absolute Gasteiger partial charge is 0.266 e. The minimum absolute atomic E-state index is 0.0343. The molecule has 3 heterocycles. The minimum Gasteiger partial charge on any atom is -0.380 e. The van der Waals surface area contributed by atoms with Gasteiger partial charge in [0.05, 0.1) is 34.8 Å². The molecule has 11 heteroatoms. The van der Waals surface area contributed by atoms with E-state index >= 15 is 0 Å². The van der Waals surface area contributed by atoms with E-state index in [9.17, 15) is 18.0 Å². The molecule has 2 amide bonds. The Balaban J connectivity index is 1.59. The SMILES string of the molecule is CO[C@@H]1C[C@H]2CNC(=O)C3(C/C=C/CN(c4ccccc4)S(=O)(=O)c4cc(ccc4Cl)C(=O)N2C1)CNC3. The number of benzene rings is 2. The summed E-state index contributed by atoms with van der Waals surface area (Å²) in [6.07, 6.45) is 4.46. The van der Waals surface area contributed by atoms with Gasteiger partial charge in [-0.25, -0.2) is 8.42 Å². The minimum atomic E-state index is -4.14. The molecule has 0 aliphatic carbocycles. The predicted octanol–water partition coefficient (Wildman–Crippen LogP) is 2.43. The van der Waals surface area contributed by atoms with Crippen molar-refractivity contribution in [3.63, 3.8) is 0 Å². The van der Waals surface area contributed by atoms with Gasteiger partial charge in [-0.1, -0.05) is 42.0 Å². The molecule has 3 aliphatic rings. The lowest BCUT2D eigenvalue weighted by Gasteiger charge is -2.41. The van der Waals surface area contributed by atoms with Crippen molar-refractivity contribution in [1.29, 1.82) is 0 Å². The lowest BCUT2D eigenvalue weighted by atomic mass is 9.77. The first-order valence-electron chi connectivity index (χ1n) is 12.6. The molecule has 2 aromatic carbocycles. The van der Waals surface area contributed by atoms with E-state index in [4.69, 9.17) is 16.3 Å². The van der Waals surface area contributed by atoms with Gasteiger partial charge in [0.1, 0.15) is 4.90 Å². The van der Waals surface area contributed by atoms with Gasteiger partial charge < -0.3 is 20.3 Å². The third kappa shape index (κ3) is 4.93. The van der Waals surface area contributed by atoms with Crippen LogP contribution in [0.5, 0.6) is 0 Å². The van der Waals surface area contributed by atoms with Gasteiger partial charge in [0, 0.05) is 38.9 Å². The number of amides is 2. The van der Waals surface area contributed by atoms with E-state index < -0.39 is 15.4 Å². The van der Waals surface area contributed by atoms with Crippen molar-refractivity contribution in [3.8, 4) is 0 Å². The second-order valence-corrected chi connectivity index (χ2v) is 12.2. The van der Waals surface area contributed by atoms with Crippen LogP contribution in [-0.2, 0) is 19.6 Å². The van der Waals surface area contributed by atoms with Crippen LogP contribution in [0.15, 0.2) is 65.6 Å². The molecular weight excluding hydrogens is 528 g/mol. The normalized spacial score (nSPS) is 25.9. The highest BCUT2D eigenvalue weighted by molar-refractivity contribution is 7.93. The van der Waals surface area contributed by atoms with Gasteiger partial charge in [-0.05, 0) is 43.2 Å². The molecule has 2 N–H and O–H groups in total. The van der Waals surface area contributed by atoms with E-state index in [0.717, 1.165) is 0 Å². The second-order valence-electron chi connectivity index (χ2n) is 9.99. The number of sulfonamides is 1. The fourth-order valence-electron chi connectivity index (χ4n) is 5.24. The van der Waals surface area contributed by atoms with Crippen LogP contribution in [0, 0.1) is 5.41 Å². The van der Waals surface area contributed by atoms with Crippen molar-refractivity contribution in [2.45, 2.75) is 29.9 Å². The highest BCUT2D eigenvalue weighted by atomic mass is 35.5. The van der Waals surface area contributed by atoms with Crippen LogP contribution < -0.4 is 14.9 Å². The Kier molecular flexibility index (Phi) is 7.50. The predicted molar refractivity (Wildman–Crippen MR) is 145 cm³/mol. The quantitative estimate of drug-likeness (QED) is 0.548. The molecule has 2 bridgehead atoms. The number of carbonyl (C=O) groups is 2. The van der Waals surface area contributed by atoms with Crippen LogP contribution in [0.1, 0.15) is 23.2 Å². The van der Waals surface area contributed by atoms with Crippen LogP contribution in [0.3, 0.4) is 0 Å². The number of hydrogen-bond donors (Lipinski definition) is 2. The molecule has 9 nitrogen and oxygen atoms in total. The molecule has 5 rings (SSSR count). The summed E-state index contributed by atoms with van der Waals surface area (Å²) in [6, 6.07) is 12.8. The molecule has 38 heavy (non-hydrogen) atoms. The summed E-state index contributed by atoms with van der Waals surface area (Å²) >= 11 is 6.43. The molecule has 2 aromatic rings. The van der Waals surface area contributed by atoms with Gasteiger partial charge in [-0.2, -0.15) is 0 Å². The topological polar surface area (TPSA) is 108 Å². The average Bonchev–Trinajstić information content (AvgIpc) is 3.31. The molecule has 2 fully saturated rings. The number of allylic oxidation sites excluding steroid dienone is 1. The zero-order valence-electron chi connectivity index (χ0n) is 21.1. The Hall–Kier alpha value is -2.92. The summed E-state index contributed by atoms with van der Waals surface area (Å²) in [4.78, 5) is 28.5. The monoisotopic (exact) mass is 558 g/mol. The van der Waals surface area contributed by atoms with E-state index in [1.165, 1.54) is 22.5 Å². The number of fused-ring (bicyclic) bond motifs is 3. The number of halogens is 1. The summed E-state index contributed by atoms with van der Waals surface area (Å²) in [5, 5.41) is 6.28. The Bertz CT molecular complexity index is 1350. The van der Waals surface area contributed by atoms with Crippen molar-refractivity contribution in [2.75, 3.05) is 44.1 Å². The molecule has 1 spiro atoms. The van der Waals surface area contributed by atoms with Gasteiger partial charge in [-0.15, -0.1) is 0 Å². The van der Waals surface area contributed by atoms with Gasteiger partial charge >= 0.3 is 0 Å². The van der Waals surface area contributed by atoms with Crippen LogP contribution >= 0.6 is 11.6 Å². The molecule has 3 aliphatic heterocycles. The van der Waals surface area contributed by atoms with Crippen molar-refractivity contribution < 1.29 is 22.7 Å². The maximum Gasteiger partial charge on any atom is 0.266 e. The number of methoxy groups -OCH3 is 1. The standard InChI is InChI=1S/C27H31ClN4O5S/c1-37-22-14-21-15-30-26(34)27(17-29-18-27)11-5-6-12-32(20-7-3-2-4-8-20)38(35,36)24-13-19(9-10-23(24)28)25(33)31(21)16-22/h2-10,13,21-22,29H,11-12,14-18H2,1H3,(H,30,34)/b6-5+/t21-,22+/m0/s1. The molecule has 0 radical (unpaired) electrons. The number of carbonyl (C=O) groups excluding carboxylic acids is 2. The third-order valence-corrected chi connectivity index (χ3v) is 9.89. The first-order chi connectivity index (χ1) is 18.2. The molecule has 2 saturated heterocycles. The van der Waals surface area contributed by atoms with Crippen LogP contribution in [0.25, 0.3) is 0 Å². The van der Waals surface area contributed by atoms with E-state index in [1.54, 1.807) is 48.4 Å². The lowest BCUT2D eigenvalue weighted by molar-refractivity contribution is -0.134. The Morgan fingerprint density at radius 3 is 2.53 bits per heavy atom. The summed E-state index contributed by atoms with van der Waals surface area (Å²) in [5.74, 6) is -0.419. The molecule has 0 aromatic heterocycles. The van der Waals surface area contributed by atoms with E-state index in [2.05, 4.69) is 10.6 Å². The molecule has 202 valence electrons. The first-order valence-corrected chi connectivity index (χ1v) is 14.4. The summed E-state index contributed by atoms with van der Waals surface area (Å²) in [5.41, 5.74) is 0.0499. The third-order valence-electron chi connectivity index (χ3n) is 7.61. The summed E-state index contributed by atoms with van der Waals surface area (Å²) in [7, 11) is -2.55.